The average Bonchev–Trinajstić information content (AvgIpc) is 2.92. The highest BCUT2D eigenvalue weighted by molar-refractivity contribution is 5.23. The van der Waals surface area contributed by atoms with E-state index < -0.39 is 0 Å². The van der Waals surface area contributed by atoms with Crippen LogP contribution in [0.25, 0.3) is 0 Å². The third-order valence-corrected chi connectivity index (χ3v) is 5.58. The molecule has 98 valence electrons. The van der Waals surface area contributed by atoms with Gasteiger partial charge in [0, 0.05) is 18.4 Å². The molecule has 2 fully saturated rings. The molecule has 0 aromatic heterocycles. The van der Waals surface area contributed by atoms with Crippen LogP contribution in [0.4, 0.5) is 0 Å². The third kappa shape index (κ3) is 1.80. The van der Waals surface area contributed by atoms with Gasteiger partial charge in [0.05, 0.1) is 20.1 Å². The van der Waals surface area contributed by atoms with E-state index in [0.717, 1.165) is 0 Å². The fraction of sp³-hybridized carbons (Fsp3) is 0.647. The minimum Gasteiger partial charge on any atom is -0.317 e. The average molecular weight is 244 g/mol. The number of rotatable bonds is 2. The molecule has 0 atom stereocenters. The number of piperidine rings is 1. The monoisotopic (exact) mass is 244 g/mol. The van der Waals surface area contributed by atoms with Gasteiger partial charge in [0.15, 0.2) is 0 Å². The molecule has 1 aromatic carbocycles. The maximum absolute atomic E-state index is 2.53. The molecule has 0 amide bonds. The van der Waals surface area contributed by atoms with Crippen LogP contribution in [-0.2, 0) is 5.54 Å². The topological polar surface area (TPSA) is 0 Å². The van der Waals surface area contributed by atoms with E-state index in [0.29, 0.717) is 5.54 Å². The molecule has 0 spiro atoms. The van der Waals surface area contributed by atoms with Crippen molar-refractivity contribution in [2.75, 3.05) is 20.1 Å². The lowest BCUT2D eigenvalue weighted by Crippen LogP contribution is -2.60. The lowest BCUT2D eigenvalue weighted by Gasteiger charge is -2.52. The molecule has 1 saturated carbocycles. The van der Waals surface area contributed by atoms with Crippen molar-refractivity contribution in [3.05, 3.63) is 35.9 Å². The first-order chi connectivity index (χ1) is 8.77. The summed E-state index contributed by atoms with van der Waals surface area (Å²) in [7, 11) is 2.53. The standard InChI is InChI=1S/C17H26N/c1-18(14-8-3-9-15-18)17(12-6-7-13-17)16-10-4-2-5-11-16/h2,4-5,10-11H,3,6-9,12-15H2,1H3/q+1. The fourth-order valence-corrected chi connectivity index (χ4v) is 4.49. The Labute approximate surface area is 111 Å². The SMILES string of the molecule is C[N+]1(C2(c3ccccc3)CCCC2)CCCCC1. The molecule has 0 radical (unpaired) electrons. The van der Waals surface area contributed by atoms with Gasteiger partial charge in [0.2, 0.25) is 0 Å². The molecule has 2 aliphatic rings. The lowest BCUT2D eigenvalue weighted by atomic mass is 9.82. The highest BCUT2D eigenvalue weighted by Gasteiger charge is 2.51. The van der Waals surface area contributed by atoms with Crippen LogP contribution in [-0.4, -0.2) is 24.6 Å². The van der Waals surface area contributed by atoms with Crippen LogP contribution in [0.1, 0.15) is 50.5 Å². The zero-order valence-electron chi connectivity index (χ0n) is 11.7. The Hall–Kier alpha value is -0.820. The van der Waals surface area contributed by atoms with Gasteiger partial charge in [-0.05, 0) is 32.1 Å². The fourth-order valence-electron chi connectivity index (χ4n) is 4.49. The van der Waals surface area contributed by atoms with Crippen molar-refractivity contribution < 1.29 is 4.48 Å². The molecule has 1 saturated heterocycles. The first kappa shape index (κ1) is 12.2. The normalized spacial score (nSPS) is 26.1. The summed E-state index contributed by atoms with van der Waals surface area (Å²) >= 11 is 0. The molecule has 1 nitrogen and oxygen atoms in total. The summed E-state index contributed by atoms with van der Waals surface area (Å²) in [5.41, 5.74) is 2.04. The Morgan fingerprint density at radius 1 is 0.833 bits per heavy atom. The molecule has 1 heteroatoms. The predicted molar refractivity (Wildman–Crippen MR) is 76.4 cm³/mol. The Kier molecular flexibility index (Phi) is 3.19. The Bertz CT molecular complexity index is 383. The summed E-state index contributed by atoms with van der Waals surface area (Å²) < 4.78 is 1.30. The van der Waals surface area contributed by atoms with E-state index in [1.54, 1.807) is 5.56 Å². The van der Waals surface area contributed by atoms with E-state index in [9.17, 15) is 0 Å². The maximum Gasteiger partial charge on any atom is 0.125 e. The van der Waals surface area contributed by atoms with Gasteiger partial charge in [0.1, 0.15) is 5.54 Å². The van der Waals surface area contributed by atoms with Crippen LogP contribution in [0.15, 0.2) is 30.3 Å². The van der Waals surface area contributed by atoms with E-state index in [1.165, 1.54) is 62.5 Å². The van der Waals surface area contributed by atoms with Crippen molar-refractivity contribution in [3.8, 4) is 0 Å². The predicted octanol–water partition coefficient (Wildman–Crippen LogP) is 4.09. The quantitative estimate of drug-likeness (QED) is 0.687. The van der Waals surface area contributed by atoms with Crippen LogP contribution in [0.3, 0.4) is 0 Å². The zero-order valence-corrected chi connectivity index (χ0v) is 11.7. The second-order valence-electron chi connectivity index (χ2n) is 6.51. The minimum absolute atomic E-state index is 0.432. The van der Waals surface area contributed by atoms with Gasteiger partial charge >= 0.3 is 0 Å². The van der Waals surface area contributed by atoms with Crippen molar-refractivity contribution in [3.63, 3.8) is 0 Å². The van der Waals surface area contributed by atoms with Crippen molar-refractivity contribution >= 4 is 0 Å². The summed E-state index contributed by atoms with van der Waals surface area (Å²) in [6, 6.07) is 11.4. The molecule has 18 heavy (non-hydrogen) atoms. The third-order valence-electron chi connectivity index (χ3n) is 5.58. The molecule has 0 unspecified atom stereocenters. The van der Waals surface area contributed by atoms with Crippen LogP contribution in [0.2, 0.25) is 0 Å². The number of quaternary nitrogens is 1. The van der Waals surface area contributed by atoms with Crippen molar-refractivity contribution in [2.24, 2.45) is 0 Å². The minimum atomic E-state index is 0.432. The number of likely N-dealkylation sites (tertiary alicyclic amines) is 1. The van der Waals surface area contributed by atoms with Gasteiger partial charge in [-0.3, -0.25) is 0 Å². The Morgan fingerprint density at radius 3 is 2.06 bits per heavy atom. The van der Waals surface area contributed by atoms with Gasteiger partial charge in [-0.1, -0.05) is 30.3 Å². The van der Waals surface area contributed by atoms with Crippen LogP contribution in [0, 0.1) is 0 Å². The van der Waals surface area contributed by atoms with Gasteiger partial charge in [-0.2, -0.15) is 0 Å². The largest absolute Gasteiger partial charge is 0.317 e. The molecule has 3 rings (SSSR count). The summed E-state index contributed by atoms with van der Waals surface area (Å²) in [5.74, 6) is 0. The molecular formula is C17H26N+. The zero-order chi connectivity index (χ0) is 12.5. The maximum atomic E-state index is 2.53. The second kappa shape index (κ2) is 4.70. The van der Waals surface area contributed by atoms with E-state index >= 15 is 0 Å². The lowest BCUT2D eigenvalue weighted by molar-refractivity contribution is -0.970. The molecular weight excluding hydrogens is 218 g/mol. The molecule has 0 N–H and O–H groups in total. The van der Waals surface area contributed by atoms with Gasteiger partial charge < -0.3 is 4.48 Å². The highest BCUT2D eigenvalue weighted by atomic mass is 15.4. The smallest absolute Gasteiger partial charge is 0.125 e. The Balaban J connectivity index is 2.01. The summed E-state index contributed by atoms with van der Waals surface area (Å²) in [5, 5.41) is 0. The number of hydrogen-bond donors (Lipinski definition) is 0. The van der Waals surface area contributed by atoms with E-state index in [2.05, 4.69) is 37.4 Å². The van der Waals surface area contributed by atoms with E-state index in [-0.39, 0.29) is 0 Å². The molecule has 1 aromatic rings. The van der Waals surface area contributed by atoms with E-state index in [4.69, 9.17) is 0 Å². The van der Waals surface area contributed by atoms with Crippen molar-refractivity contribution in [1.82, 2.24) is 0 Å². The van der Waals surface area contributed by atoms with Crippen LogP contribution in [0.5, 0.6) is 0 Å². The molecule has 0 bridgehead atoms. The van der Waals surface area contributed by atoms with Crippen LogP contribution >= 0.6 is 0 Å². The second-order valence-corrected chi connectivity index (χ2v) is 6.51. The molecule has 1 heterocycles. The number of hydrogen-bond acceptors (Lipinski definition) is 0. The van der Waals surface area contributed by atoms with Gasteiger partial charge in [-0.15, -0.1) is 0 Å². The van der Waals surface area contributed by atoms with E-state index in [1.807, 2.05) is 0 Å². The number of benzene rings is 1. The summed E-state index contributed by atoms with van der Waals surface area (Å²) in [6.45, 7) is 2.77. The van der Waals surface area contributed by atoms with Crippen molar-refractivity contribution in [2.45, 2.75) is 50.5 Å². The van der Waals surface area contributed by atoms with Crippen LogP contribution < -0.4 is 0 Å². The summed E-state index contributed by atoms with van der Waals surface area (Å²) in [4.78, 5) is 0. The summed E-state index contributed by atoms with van der Waals surface area (Å²) in [6.07, 6.45) is 9.92. The van der Waals surface area contributed by atoms with Gasteiger partial charge in [0.25, 0.3) is 0 Å². The Morgan fingerprint density at radius 2 is 1.44 bits per heavy atom. The molecule has 1 aliphatic carbocycles. The first-order valence-corrected chi connectivity index (χ1v) is 7.67. The highest BCUT2D eigenvalue weighted by Crippen LogP contribution is 2.48. The first-order valence-electron chi connectivity index (χ1n) is 7.67. The molecule has 1 aliphatic heterocycles. The number of nitrogens with zero attached hydrogens (tertiary/aromatic N) is 1. The van der Waals surface area contributed by atoms with Crippen molar-refractivity contribution in [1.29, 1.82) is 0 Å². The van der Waals surface area contributed by atoms with Gasteiger partial charge in [-0.25, -0.2) is 0 Å².